The number of hydrogen-bond donors (Lipinski definition) is 2. The molecule has 6 heteroatoms. The second kappa shape index (κ2) is 7.97. The fraction of sp³-hybridized carbons (Fsp3) is 0.529. The summed E-state index contributed by atoms with van der Waals surface area (Å²) in [4.78, 5) is 26.3. The normalized spacial score (nSPS) is 16.5. The van der Waals surface area contributed by atoms with Gasteiger partial charge in [0.05, 0.1) is 12.1 Å². The molecule has 126 valence electrons. The number of rotatable bonds is 7. The van der Waals surface area contributed by atoms with E-state index in [1.807, 2.05) is 25.1 Å². The van der Waals surface area contributed by atoms with Gasteiger partial charge in [-0.25, -0.2) is 0 Å². The van der Waals surface area contributed by atoms with Crippen LogP contribution in [-0.4, -0.2) is 49.0 Å². The Morgan fingerprint density at radius 2 is 2.09 bits per heavy atom. The first kappa shape index (κ1) is 17.3. The Bertz CT molecular complexity index is 570. The standard InChI is InChI=1S/C17H25N3O3/c1-4-20(5-2)9-8-18-16(21)11-15-17(22)19-13-10-12(3)6-7-14(13)23-15/h6-7,10,15H,4-5,8-9,11H2,1-3H3,(H,18,21)(H,19,22). The first-order chi connectivity index (χ1) is 11.0. The zero-order chi connectivity index (χ0) is 16.8. The first-order valence-electron chi connectivity index (χ1n) is 8.10. The summed E-state index contributed by atoms with van der Waals surface area (Å²) in [5, 5.41) is 5.64. The van der Waals surface area contributed by atoms with Gasteiger partial charge in [0.1, 0.15) is 5.75 Å². The molecule has 2 amide bonds. The molecule has 6 nitrogen and oxygen atoms in total. The number of aryl methyl sites for hydroxylation is 1. The Morgan fingerprint density at radius 3 is 2.78 bits per heavy atom. The summed E-state index contributed by atoms with van der Waals surface area (Å²) in [6.07, 6.45) is -0.754. The van der Waals surface area contributed by atoms with Crippen LogP contribution in [0.3, 0.4) is 0 Å². The van der Waals surface area contributed by atoms with Crippen LogP contribution in [0, 0.1) is 6.92 Å². The highest BCUT2D eigenvalue weighted by Crippen LogP contribution is 2.30. The lowest BCUT2D eigenvalue weighted by Crippen LogP contribution is -2.42. The number of fused-ring (bicyclic) bond motifs is 1. The number of ether oxygens (including phenoxy) is 1. The van der Waals surface area contributed by atoms with Crippen molar-refractivity contribution in [3.05, 3.63) is 23.8 Å². The number of benzene rings is 1. The number of carbonyl (C=O) groups excluding carboxylic acids is 2. The van der Waals surface area contributed by atoms with Crippen molar-refractivity contribution in [3.8, 4) is 5.75 Å². The zero-order valence-electron chi connectivity index (χ0n) is 14.0. The van der Waals surface area contributed by atoms with E-state index in [1.54, 1.807) is 0 Å². The van der Waals surface area contributed by atoms with E-state index in [4.69, 9.17) is 4.74 Å². The molecule has 1 aromatic rings. The van der Waals surface area contributed by atoms with Crippen molar-refractivity contribution in [2.75, 3.05) is 31.5 Å². The van der Waals surface area contributed by atoms with Crippen molar-refractivity contribution >= 4 is 17.5 Å². The van der Waals surface area contributed by atoms with Crippen molar-refractivity contribution < 1.29 is 14.3 Å². The summed E-state index contributed by atoms with van der Waals surface area (Å²) in [5.41, 5.74) is 1.70. The highest BCUT2D eigenvalue weighted by atomic mass is 16.5. The second-order valence-electron chi connectivity index (χ2n) is 5.68. The van der Waals surface area contributed by atoms with Gasteiger partial charge < -0.3 is 20.3 Å². The Labute approximate surface area is 137 Å². The van der Waals surface area contributed by atoms with Gasteiger partial charge in [0.2, 0.25) is 5.91 Å². The predicted octanol–water partition coefficient (Wildman–Crippen LogP) is 1.54. The second-order valence-corrected chi connectivity index (χ2v) is 5.68. The number of amides is 2. The SMILES string of the molecule is CCN(CC)CCNC(=O)CC1Oc2ccc(C)cc2NC1=O. The fourth-order valence-corrected chi connectivity index (χ4v) is 2.53. The lowest BCUT2D eigenvalue weighted by molar-refractivity contribution is -0.130. The Balaban J connectivity index is 1.84. The molecule has 2 N–H and O–H groups in total. The molecule has 1 heterocycles. The molecule has 0 saturated heterocycles. The maximum Gasteiger partial charge on any atom is 0.266 e. The minimum Gasteiger partial charge on any atom is -0.478 e. The van der Waals surface area contributed by atoms with Crippen LogP contribution < -0.4 is 15.4 Å². The van der Waals surface area contributed by atoms with E-state index in [-0.39, 0.29) is 18.2 Å². The van der Waals surface area contributed by atoms with Crippen LogP contribution in [0.4, 0.5) is 5.69 Å². The van der Waals surface area contributed by atoms with Gasteiger partial charge in [0.15, 0.2) is 6.10 Å². The van der Waals surface area contributed by atoms with E-state index in [1.165, 1.54) is 0 Å². The largest absolute Gasteiger partial charge is 0.478 e. The summed E-state index contributed by atoms with van der Waals surface area (Å²) in [6, 6.07) is 5.58. The van der Waals surface area contributed by atoms with Gasteiger partial charge in [-0.15, -0.1) is 0 Å². The molecule has 2 rings (SSSR count). The highest BCUT2D eigenvalue weighted by Gasteiger charge is 2.29. The lowest BCUT2D eigenvalue weighted by Gasteiger charge is -2.26. The van der Waals surface area contributed by atoms with Crippen molar-refractivity contribution in [2.24, 2.45) is 0 Å². The molecule has 1 aliphatic heterocycles. The van der Waals surface area contributed by atoms with Gasteiger partial charge in [-0.1, -0.05) is 19.9 Å². The predicted molar refractivity (Wildman–Crippen MR) is 89.6 cm³/mol. The van der Waals surface area contributed by atoms with Crippen molar-refractivity contribution in [2.45, 2.75) is 33.3 Å². The van der Waals surface area contributed by atoms with E-state index < -0.39 is 6.10 Å². The molecule has 1 aromatic carbocycles. The number of anilines is 1. The molecule has 0 bridgehead atoms. The number of nitrogens with zero attached hydrogens (tertiary/aromatic N) is 1. The highest BCUT2D eigenvalue weighted by molar-refractivity contribution is 6.00. The van der Waals surface area contributed by atoms with E-state index >= 15 is 0 Å². The fourth-order valence-electron chi connectivity index (χ4n) is 2.53. The van der Waals surface area contributed by atoms with Crippen LogP contribution in [0.15, 0.2) is 18.2 Å². The van der Waals surface area contributed by atoms with Crippen LogP contribution in [0.25, 0.3) is 0 Å². The average molecular weight is 319 g/mol. The number of carbonyl (C=O) groups is 2. The van der Waals surface area contributed by atoms with Crippen LogP contribution in [-0.2, 0) is 9.59 Å². The third-order valence-corrected chi connectivity index (χ3v) is 3.97. The third-order valence-electron chi connectivity index (χ3n) is 3.97. The molecular weight excluding hydrogens is 294 g/mol. The van der Waals surface area contributed by atoms with Gasteiger partial charge in [0, 0.05) is 13.1 Å². The summed E-state index contributed by atoms with van der Waals surface area (Å²) >= 11 is 0. The monoisotopic (exact) mass is 319 g/mol. The molecule has 0 saturated carbocycles. The molecule has 0 aliphatic carbocycles. The van der Waals surface area contributed by atoms with Gasteiger partial charge >= 0.3 is 0 Å². The maximum atomic E-state index is 12.1. The molecule has 0 radical (unpaired) electrons. The summed E-state index contributed by atoms with van der Waals surface area (Å²) in [7, 11) is 0. The lowest BCUT2D eigenvalue weighted by atomic mass is 10.1. The summed E-state index contributed by atoms with van der Waals surface area (Å²) < 4.78 is 5.66. The van der Waals surface area contributed by atoms with Crippen LogP contribution in [0.5, 0.6) is 5.75 Å². The minimum absolute atomic E-state index is 0.0252. The molecule has 1 unspecified atom stereocenters. The molecule has 23 heavy (non-hydrogen) atoms. The van der Waals surface area contributed by atoms with Gasteiger partial charge in [-0.2, -0.15) is 0 Å². The minimum atomic E-state index is -0.779. The molecule has 1 atom stereocenters. The van der Waals surface area contributed by atoms with Crippen LogP contribution in [0.2, 0.25) is 0 Å². The Morgan fingerprint density at radius 1 is 1.35 bits per heavy atom. The molecular formula is C17H25N3O3. The number of hydrogen-bond acceptors (Lipinski definition) is 4. The first-order valence-corrected chi connectivity index (χ1v) is 8.10. The van der Waals surface area contributed by atoms with E-state index in [0.717, 1.165) is 25.2 Å². The topological polar surface area (TPSA) is 70.7 Å². The van der Waals surface area contributed by atoms with E-state index in [9.17, 15) is 9.59 Å². The van der Waals surface area contributed by atoms with Crippen molar-refractivity contribution in [1.29, 1.82) is 0 Å². The summed E-state index contributed by atoms with van der Waals surface area (Å²) in [6.45, 7) is 9.41. The molecule has 1 aliphatic rings. The van der Waals surface area contributed by atoms with Gasteiger partial charge in [-0.05, 0) is 37.7 Å². The average Bonchev–Trinajstić information content (AvgIpc) is 2.52. The van der Waals surface area contributed by atoms with Gasteiger partial charge in [-0.3, -0.25) is 9.59 Å². The van der Waals surface area contributed by atoms with Crippen molar-refractivity contribution in [1.82, 2.24) is 10.2 Å². The van der Waals surface area contributed by atoms with Crippen molar-refractivity contribution in [3.63, 3.8) is 0 Å². The van der Waals surface area contributed by atoms with Gasteiger partial charge in [0.25, 0.3) is 5.91 Å². The molecule has 0 aromatic heterocycles. The smallest absolute Gasteiger partial charge is 0.266 e. The molecule has 0 fully saturated rings. The maximum absolute atomic E-state index is 12.1. The Kier molecular flexibility index (Phi) is 5.98. The van der Waals surface area contributed by atoms with Crippen LogP contribution in [0.1, 0.15) is 25.8 Å². The van der Waals surface area contributed by atoms with E-state index in [0.29, 0.717) is 18.0 Å². The zero-order valence-corrected chi connectivity index (χ0v) is 14.0. The summed E-state index contributed by atoms with van der Waals surface area (Å²) in [5.74, 6) is 0.158. The van der Waals surface area contributed by atoms with E-state index in [2.05, 4.69) is 29.4 Å². The van der Waals surface area contributed by atoms with Crippen LogP contribution >= 0.6 is 0 Å². The quantitative estimate of drug-likeness (QED) is 0.800. The Hall–Kier alpha value is -2.08. The number of likely N-dealkylation sites (N-methyl/N-ethyl adjacent to an activating group) is 1. The number of nitrogens with one attached hydrogen (secondary N) is 2. The third kappa shape index (κ3) is 4.69. The molecule has 0 spiro atoms.